The Morgan fingerprint density at radius 2 is 2.06 bits per heavy atom. The highest BCUT2D eigenvalue weighted by atomic mass is 35.5. The van der Waals surface area contributed by atoms with Gasteiger partial charge in [-0.25, -0.2) is 4.98 Å². The van der Waals surface area contributed by atoms with Crippen molar-refractivity contribution >= 4 is 40.0 Å². The van der Waals surface area contributed by atoms with Crippen LogP contribution in [0.3, 0.4) is 0 Å². The molecule has 1 amide bonds. The first-order valence-electron chi connectivity index (χ1n) is 11.2. The molecule has 7 nitrogen and oxygen atoms in total. The second-order valence-corrected chi connectivity index (χ2v) is 8.74. The number of furan rings is 1. The third-order valence-electron chi connectivity index (χ3n) is 5.86. The molecule has 3 aromatic heterocycles. The normalized spacial score (nSPS) is 12.0. The van der Waals surface area contributed by atoms with Gasteiger partial charge in [-0.2, -0.15) is 0 Å². The Morgan fingerprint density at radius 1 is 1.17 bits per heavy atom. The van der Waals surface area contributed by atoms with E-state index in [0.29, 0.717) is 16.5 Å². The molecule has 0 saturated heterocycles. The molecule has 0 spiro atoms. The first-order valence-corrected chi connectivity index (χ1v) is 11.5. The number of anilines is 2. The second-order valence-electron chi connectivity index (χ2n) is 8.30. The molecule has 3 heterocycles. The van der Waals surface area contributed by atoms with Crippen molar-refractivity contribution in [2.24, 2.45) is 5.73 Å². The van der Waals surface area contributed by atoms with Crippen molar-refractivity contribution in [1.29, 1.82) is 0 Å². The maximum absolute atomic E-state index is 12.9. The minimum absolute atomic E-state index is 0.245. The number of aryl methyl sites for hydroxylation is 1. The first-order chi connectivity index (χ1) is 17.0. The van der Waals surface area contributed by atoms with E-state index in [1.165, 1.54) is 0 Å². The summed E-state index contributed by atoms with van der Waals surface area (Å²) in [6.07, 6.45) is 5.29. The van der Waals surface area contributed by atoms with Crippen molar-refractivity contribution in [2.75, 3.05) is 11.9 Å². The number of H-pyrrole nitrogens is 1. The molecule has 0 aliphatic heterocycles. The molecule has 0 bridgehead atoms. The summed E-state index contributed by atoms with van der Waals surface area (Å²) in [7, 11) is 0. The largest absolute Gasteiger partial charge is 0.464 e. The SMILES string of the molecule is Cc1cnc(Nc2ccc3occc3c2)cc1-c1c[nH]c(C(=O)N[C@H](CN)c2cccc(Cl)c2)c1. The number of nitrogens with zero attached hydrogens (tertiary/aromatic N) is 1. The molecule has 5 aromatic rings. The van der Waals surface area contributed by atoms with E-state index in [-0.39, 0.29) is 18.5 Å². The van der Waals surface area contributed by atoms with Gasteiger partial charge in [-0.3, -0.25) is 4.79 Å². The zero-order valence-corrected chi connectivity index (χ0v) is 19.8. The molecule has 5 rings (SSSR count). The highest BCUT2D eigenvalue weighted by Crippen LogP contribution is 2.28. The number of hydrogen-bond donors (Lipinski definition) is 4. The number of fused-ring (bicyclic) bond motifs is 1. The van der Waals surface area contributed by atoms with Crippen LogP contribution in [0.25, 0.3) is 22.1 Å². The maximum Gasteiger partial charge on any atom is 0.268 e. The molecule has 0 aliphatic carbocycles. The molecule has 5 N–H and O–H groups in total. The van der Waals surface area contributed by atoms with E-state index in [0.717, 1.165) is 38.9 Å². The molecule has 0 saturated carbocycles. The third kappa shape index (κ3) is 4.91. The average Bonchev–Trinajstić information content (AvgIpc) is 3.53. The van der Waals surface area contributed by atoms with E-state index in [1.807, 2.05) is 67.8 Å². The van der Waals surface area contributed by atoms with Gasteiger partial charge < -0.3 is 25.8 Å². The topological polar surface area (TPSA) is 109 Å². The van der Waals surface area contributed by atoms with E-state index in [2.05, 4.69) is 20.6 Å². The van der Waals surface area contributed by atoms with Crippen LogP contribution in [0.15, 0.2) is 83.7 Å². The zero-order chi connectivity index (χ0) is 24.4. The fraction of sp³-hybridized carbons (Fsp3) is 0.111. The summed E-state index contributed by atoms with van der Waals surface area (Å²) in [5, 5.41) is 7.93. The van der Waals surface area contributed by atoms with Gasteiger partial charge >= 0.3 is 0 Å². The standard InChI is InChI=1S/C27H24ClN5O2/c1-16-14-31-26(32-21-5-6-25-18(10-21)7-8-35-25)12-22(16)19-11-23(30-15-19)27(34)33-24(13-29)17-3-2-4-20(28)9-17/h2-12,14-15,24,30H,13,29H2,1H3,(H,31,32)(H,33,34)/t24-/m1/s1. The first kappa shape index (κ1) is 22.7. The number of carbonyl (C=O) groups excluding carboxylic acids is 1. The Labute approximate surface area is 207 Å². The van der Waals surface area contributed by atoms with Crippen LogP contribution in [0.2, 0.25) is 5.02 Å². The highest BCUT2D eigenvalue weighted by Gasteiger charge is 2.17. The van der Waals surface area contributed by atoms with Crippen LogP contribution in [0.4, 0.5) is 11.5 Å². The number of carbonyl (C=O) groups is 1. The predicted molar refractivity (Wildman–Crippen MR) is 139 cm³/mol. The fourth-order valence-corrected chi connectivity index (χ4v) is 4.21. The summed E-state index contributed by atoms with van der Waals surface area (Å²) in [4.78, 5) is 20.5. The minimum Gasteiger partial charge on any atom is -0.464 e. The predicted octanol–water partition coefficient (Wildman–Crippen LogP) is 5.96. The highest BCUT2D eigenvalue weighted by molar-refractivity contribution is 6.30. The van der Waals surface area contributed by atoms with Gasteiger partial charge in [-0.1, -0.05) is 23.7 Å². The van der Waals surface area contributed by atoms with E-state index in [1.54, 1.807) is 18.4 Å². The number of benzene rings is 2. The van der Waals surface area contributed by atoms with Crippen LogP contribution in [0, 0.1) is 6.92 Å². The van der Waals surface area contributed by atoms with E-state index >= 15 is 0 Å². The van der Waals surface area contributed by atoms with Gasteiger partial charge in [-0.15, -0.1) is 0 Å². The van der Waals surface area contributed by atoms with Crippen molar-refractivity contribution in [1.82, 2.24) is 15.3 Å². The molecular weight excluding hydrogens is 462 g/mol. The summed E-state index contributed by atoms with van der Waals surface area (Å²) in [5.41, 5.74) is 11.8. The Hall–Kier alpha value is -4.07. The van der Waals surface area contributed by atoms with Gasteiger partial charge in [0.2, 0.25) is 0 Å². The van der Waals surface area contributed by atoms with Crippen LogP contribution >= 0.6 is 11.6 Å². The lowest BCUT2D eigenvalue weighted by Gasteiger charge is -2.17. The Bertz CT molecular complexity index is 1510. The Balaban J connectivity index is 1.35. The molecular formula is C27H24ClN5O2. The number of aromatic nitrogens is 2. The lowest BCUT2D eigenvalue weighted by Crippen LogP contribution is -2.33. The molecule has 1 atom stereocenters. The molecule has 2 aromatic carbocycles. The quantitative estimate of drug-likeness (QED) is 0.227. The summed E-state index contributed by atoms with van der Waals surface area (Å²) < 4.78 is 5.41. The fourth-order valence-electron chi connectivity index (χ4n) is 4.01. The van der Waals surface area contributed by atoms with Crippen LogP contribution < -0.4 is 16.4 Å². The van der Waals surface area contributed by atoms with Crippen LogP contribution in [-0.2, 0) is 0 Å². The van der Waals surface area contributed by atoms with Crippen LogP contribution in [-0.4, -0.2) is 22.4 Å². The van der Waals surface area contributed by atoms with Crippen molar-refractivity contribution in [2.45, 2.75) is 13.0 Å². The summed E-state index contributed by atoms with van der Waals surface area (Å²) in [5.74, 6) is 0.454. The van der Waals surface area contributed by atoms with E-state index in [4.69, 9.17) is 21.8 Å². The zero-order valence-electron chi connectivity index (χ0n) is 19.0. The van der Waals surface area contributed by atoms with Crippen molar-refractivity contribution in [3.8, 4) is 11.1 Å². The number of hydrogen-bond acceptors (Lipinski definition) is 5. The Kier molecular flexibility index (Phi) is 6.27. The molecule has 0 unspecified atom stereocenters. The van der Waals surface area contributed by atoms with Gasteiger partial charge in [0.1, 0.15) is 17.1 Å². The summed E-state index contributed by atoms with van der Waals surface area (Å²) in [6, 6.07) is 18.5. The van der Waals surface area contributed by atoms with Gasteiger partial charge in [0, 0.05) is 40.6 Å². The van der Waals surface area contributed by atoms with Crippen molar-refractivity contribution in [3.05, 3.63) is 101 Å². The summed E-state index contributed by atoms with van der Waals surface area (Å²) >= 11 is 6.10. The Morgan fingerprint density at radius 3 is 2.89 bits per heavy atom. The number of rotatable bonds is 7. The molecule has 0 fully saturated rings. The number of pyridine rings is 1. The molecule has 8 heteroatoms. The molecule has 0 aliphatic rings. The summed E-state index contributed by atoms with van der Waals surface area (Å²) in [6.45, 7) is 2.24. The number of halogens is 1. The minimum atomic E-state index is -0.348. The number of aromatic amines is 1. The van der Waals surface area contributed by atoms with Crippen LogP contribution in [0.5, 0.6) is 0 Å². The van der Waals surface area contributed by atoms with Gasteiger partial charge in [0.15, 0.2) is 0 Å². The monoisotopic (exact) mass is 485 g/mol. The molecule has 176 valence electrons. The lowest BCUT2D eigenvalue weighted by atomic mass is 10.0. The second kappa shape index (κ2) is 9.66. The van der Waals surface area contributed by atoms with Crippen molar-refractivity contribution in [3.63, 3.8) is 0 Å². The van der Waals surface area contributed by atoms with Gasteiger partial charge in [0.25, 0.3) is 5.91 Å². The van der Waals surface area contributed by atoms with E-state index in [9.17, 15) is 4.79 Å². The van der Waals surface area contributed by atoms with E-state index < -0.39 is 0 Å². The number of nitrogens with one attached hydrogen (secondary N) is 3. The third-order valence-corrected chi connectivity index (χ3v) is 6.09. The number of nitrogens with two attached hydrogens (primary N) is 1. The van der Waals surface area contributed by atoms with Crippen LogP contribution in [0.1, 0.15) is 27.7 Å². The smallest absolute Gasteiger partial charge is 0.268 e. The molecule has 0 radical (unpaired) electrons. The molecule has 35 heavy (non-hydrogen) atoms. The lowest BCUT2D eigenvalue weighted by molar-refractivity contribution is 0.0933. The van der Waals surface area contributed by atoms with Crippen molar-refractivity contribution < 1.29 is 9.21 Å². The van der Waals surface area contributed by atoms with Gasteiger partial charge in [0.05, 0.1) is 12.3 Å². The average molecular weight is 486 g/mol. The number of amides is 1. The van der Waals surface area contributed by atoms with Gasteiger partial charge in [-0.05, 0) is 72.1 Å². The maximum atomic E-state index is 12.9.